The van der Waals surface area contributed by atoms with Crippen LogP contribution in [0.3, 0.4) is 0 Å². The van der Waals surface area contributed by atoms with E-state index in [4.69, 9.17) is 0 Å². The molecule has 2 amide bonds. The Morgan fingerprint density at radius 2 is 1.91 bits per heavy atom. The number of aromatic nitrogens is 2. The van der Waals surface area contributed by atoms with E-state index in [-0.39, 0.29) is 6.03 Å². The molecule has 0 aliphatic rings. The number of hydrogen-bond acceptors (Lipinski definition) is 2. The van der Waals surface area contributed by atoms with Gasteiger partial charge in [-0.3, -0.25) is 4.68 Å². The number of benzene rings is 1. The molecule has 2 rings (SSSR count). The fraction of sp³-hybridized carbons (Fsp3) is 0.444. The summed E-state index contributed by atoms with van der Waals surface area (Å²) >= 11 is 0. The lowest BCUT2D eigenvalue weighted by molar-refractivity contribution is 0.223. The topological polar surface area (TPSA) is 50.2 Å². The van der Waals surface area contributed by atoms with E-state index in [2.05, 4.69) is 24.3 Å². The summed E-state index contributed by atoms with van der Waals surface area (Å²) in [6, 6.07) is 5.86. The van der Waals surface area contributed by atoms with E-state index in [1.54, 1.807) is 4.90 Å². The predicted molar refractivity (Wildman–Crippen MR) is 94.0 cm³/mol. The van der Waals surface area contributed by atoms with E-state index in [0.717, 1.165) is 23.5 Å². The first-order valence-corrected chi connectivity index (χ1v) is 7.88. The van der Waals surface area contributed by atoms with Gasteiger partial charge < -0.3 is 10.2 Å². The number of carbonyl (C=O) groups excluding carboxylic acids is 1. The Kier molecular flexibility index (Phi) is 5.08. The van der Waals surface area contributed by atoms with Crippen molar-refractivity contribution in [2.75, 3.05) is 18.9 Å². The maximum absolute atomic E-state index is 12.3. The van der Waals surface area contributed by atoms with Gasteiger partial charge in [0.05, 0.1) is 5.69 Å². The van der Waals surface area contributed by atoms with Crippen LogP contribution in [0.2, 0.25) is 0 Å². The third-order valence-corrected chi connectivity index (χ3v) is 4.46. The number of anilines is 1. The second kappa shape index (κ2) is 6.86. The van der Waals surface area contributed by atoms with E-state index in [1.165, 1.54) is 16.7 Å². The standard InChI is InChI=1S/C18H26N4O/c1-12-7-8-16(11-13(12)2)19-18(23)21(5)10-9-17-14(3)20-22(6)15(17)4/h7-8,11H,9-10H2,1-6H3,(H,19,23). The Bertz CT molecular complexity index is 718. The van der Waals surface area contributed by atoms with E-state index >= 15 is 0 Å². The van der Waals surface area contributed by atoms with Gasteiger partial charge in [0.15, 0.2) is 0 Å². The molecule has 0 unspecified atom stereocenters. The van der Waals surface area contributed by atoms with Crippen molar-refractivity contribution in [1.29, 1.82) is 0 Å². The Hall–Kier alpha value is -2.30. The van der Waals surface area contributed by atoms with Gasteiger partial charge in [-0.05, 0) is 62.9 Å². The molecular formula is C18H26N4O. The van der Waals surface area contributed by atoms with Crippen LogP contribution in [-0.4, -0.2) is 34.3 Å². The molecule has 0 atom stereocenters. The van der Waals surface area contributed by atoms with Crippen molar-refractivity contribution >= 4 is 11.7 Å². The number of nitrogens with one attached hydrogen (secondary N) is 1. The Morgan fingerprint density at radius 1 is 1.22 bits per heavy atom. The molecule has 0 saturated carbocycles. The molecule has 1 N–H and O–H groups in total. The van der Waals surface area contributed by atoms with Crippen molar-refractivity contribution in [3.05, 3.63) is 46.3 Å². The number of amides is 2. The Morgan fingerprint density at radius 3 is 2.48 bits per heavy atom. The molecule has 0 spiro atoms. The van der Waals surface area contributed by atoms with Gasteiger partial charge in [0, 0.05) is 32.0 Å². The first-order chi connectivity index (χ1) is 10.8. The molecule has 1 aromatic heterocycles. The van der Waals surface area contributed by atoms with E-state index in [0.29, 0.717) is 6.54 Å². The van der Waals surface area contributed by atoms with Crippen LogP contribution in [0, 0.1) is 27.7 Å². The van der Waals surface area contributed by atoms with Crippen LogP contribution in [0.4, 0.5) is 10.5 Å². The number of rotatable bonds is 4. The van der Waals surface area contributed by atoms with Crippen molar-refractivity contribution in [1.82, 2.24) is 14.7 Å². The third-order valence-electron chi connectivity index (χ3n) is 4.46. The van der Waals surface area contributed by atoms with Crippen LogP contribution in [0.15, 0.2) is 18.2 Å². The van der Waals surface area contributed by atoms with Crippen molar-refractivity contribution in [3.63, 3.8) is 0 Å². The first kappa shape index (κ1) is 17.1. The molecular weight excluding hydrogens is 288 g/mol. The monoisotopic (exact) mass is 314 g/mol. The smallest absolute Gasteiger partial charge is 0.321 e. The fourth-order valence-electron chi connectivity index (χ4n) is 2.60. The van der Waals surface area contributed by atoms with Crippen LogP contribution in [0.25, 0.3) is 0 Å². The minimum absolute atomic E-state index is 0.0903. The number of aryl methyl sites for hydroxylation is 4. The molecule has 124 valence electrons. The van der Waals surface area contributed by atoms with Crippen molar-refractivity contribution in [2.24, 2.45) is 7.05 Å². The minimum Gasteiger partial charge on any atom is -0.327 e. The predicted octanol–water partition coefficient (Wildman–Crippen LogP) is 3.36. The highest BCUT2D eigenvalue weighted by atomic mass is 16.2. The quantitative estimate of drug-likeness (QED) is 0.941. The molecule has 0 bridgehead atoms. The van der Waals surface area contributed by atoms with Gasteiger partial charge in [-0.2, -0.15) is 5.10 Å². The zero-order valence-electron chi connectivity index (χ0n) is 14.9. The average molecular weight is 314 g/mol. The Labute approximate surface area is 138 Å². The maximum atomic E-state index is 12.3. The highest BCUT2D eigenvalue weighted by Gasteiger charge is 2.13. The van der Waals surface area contributed by atoms with E-state index in [9.17, 15) is 4.79 Å². The van der Waals surface area contributed by atoms with Crippen LogP contribution < -0.4 is 5.32 Å². The molecule has 23 heavy (non-hydrogen) atoms. The number of urea groups is 1. The number of likely N-dealkylation sites (N-methyl/N-ethyl adjacent to an activating group) is 1. The zero-order valence-corrected chi connectivity index (χ0v) is 14.9. The maximum Gasteiger partial charge on any atom is 0.321 e. The lowest BCUT2D eigenvalue weighted by atomic mass is 10.1. The SMILES string of the molecule is Cc1ccc(NC(=O)N(C)CCc2c(C)nn(C)c2C)cc1C. The lowest BCUT2D eigenvalue weighted by Crippen LogP contribution is -2.33. The molecule has 5 nitrogen and oxygen atoms in total. The van der Waals surface area contributed by atoms with Gasteiger partial charge in [0.1, 0.15) is 0 Å². The van der Waals surface area contributed by atoms with Gasteiger partial charge in [-0.1, -0.05) is 6.07 Å². The van der Waals surface area contributed by atoms with Crippen LogP contribution in [0.1, 0.15) is 28.1 Å². The molecule has 0 aliphatic heterocycles. The molecule has 0 saturated heterocycles. The summed E-state index contributed by atoms with van der Waals surface area (Å²) in [6.07, 6.45) is 0.808. The van der Waals surface area contributed by atoms with Gasteiger partial charge in [0.2, 0.25) is 0 Å². The molecule has 2 aromatic rings. The first-order valence-electron chi connectivity index (χ1n) is 7.88. The molecule has 0 aliphatic carbocycles. The largest absolute Gasteiger partial charge is 0.327 e. The summed E-state index contributed by atoms with van der Waals surface area (Å²) in [5, 5.41) is 7.36. The van der Waals surface area contributed by atoms with Gasteiger partial charge in [-0.25, -0.2) is 4.79 Å². The number of hydrogen-bond donors (Lipinski definition) is 1. The highest BCUT2D eigenvalue weighted by Crippen LogP contribution is 2.15. The summed E-state index contributed by atoms with van der Waals surface area (Å²) in [7, 11) is 3.76. The Balaban J connectivity index is 1.96. The van der Waals surface area contributed by atoms with E-state index in [1.807, 2.05) is 50.8 Å². The number of carbonyl (C=O) groups is 1. The molecule has 1 aromatic carbocycles. The summed E-state index contributed by atoms with van der Waals surface area (Å²) < 4.78 is 1.89. The van der Waals surface area contributed by atoms with Crippen molar-refractivity contribution in [3.8, 4) is 0 Å². The van der Waals surface area contributed by atoms with Crippen molar-refractivity contribution < 1.29 is 4.79 Å². The summed E-state index contributed by atoms with van der Waals surface area (Å²) in [6.45, 7) is 8.83. The third kappa shape index (κ3) is 3.92. The summed E-state index contributed by atoms with van der Waals surface area (Å²) in [5.41, 5.74) is 6.64. The summed E-state index contributed by atoms with van der Waals surface area (Å²) in [4.78, 5) is 14.0. The second-order valence-electron chi connectivity index (χ2n) is 6.17. The molecule has 1 heterocycles. The van der Waals surface area contributed by atoms with Crippen molar-refractivity contribution in [2.45, 2.75) is 34.1 Å². The van der Waals surface area contributed by atoms with Crippen LogP contribution in [-0.2, 0) is 13.5 Å². The minimum atomic E-state index is -0.0903. The van der Waals surface area contributed by atoms with Gasteiger partial charge in [0.25, 0.3) is 0 Å². The fourth-order valence-corrected chi connectivity index (χ4v) is 2.60. The van der Waals surface area contributed by atoms with Gasteiger partial charge in [-0.15, -0.1) is 0 Å². The van der Waals surface area contributed by atoms with Crippen LogP contribution in [0.5, 0.6) is 0 Å². The molecule has 5 heteroatoms. The highest BCUT2D eigenvalue weighted by molar-refractivity contribution is 5.89. The van der Waals surface area contributed by atoms with E-state index < -0.39 is 0 Å². The number of nitrogens with zero attached hydrogens (tertiary/aromatic N) is 3. The zero-order chi connectivity index (χ0) is 17.1. The lowest BCUT2D eigenvalue weighted by Gasteiger charge is -2.18. The van der Waals surface area contributed by atoms with Crippen LogP contribution >= 0.6 is 0 Å². The second-order valence-corrected chi connectivity index (χ2v) is 6.17. The average Bonchev–Trinajstić information content (AvgIpc) is 2.73. The molecule has 0 fully saturated rings. The normalized spacial score (nSPS) is 10.7. The molecule has 0 radical (unpaired) electrons. The van der Waals surface area contributed by atoms with Gasteiger partial charge >= 0.3 is 6.03 Å². The summed E-state index contributed by atoms with van der Waals surface area (Å²) in [5.74, 6) is 0.